The Kier molecular flexibility index (Phi) is 4.63. The maximum absolute atomic E-state index is 13.5. The van der Waals surface area contributed by atoms with Crippen LogP contribution in [0.25, 0.3) is 0 Å². The number of halogens is 1. The fourth-order valence-electron chi connectivity index (χ4n) is 1.93. The average molecular weight is 263 g/mol. The van der Waals surface area contributed by atoms with E-state index in [2.05, 4.69) is 15.5 Å². The number of nitrogens with one attached hydrogen (secondary N) is 1. The predicted molar refractivity (Wildman–Crippen MR) is 70.3 cm³/mol. The zero-order valence-corrected chi connectivity index (χ0v) is 11.2. The largest absolute Gasteiger partial charge is 0.339 e. The summed E-state index contributed by atoms with van der Waals surface area (Å²) in [6.45, 7) is 4.56. The third kappa shape index (κ3) is 4.13. The van der Waals surface area contributed by atoms with Gasteiger partial charge in [0, 0.05) is 19.0 Å². The van der Waals surface area contributed by atoms with Gasteiger partial charge in [-0.25, -0.2) is 4.39 Å². The minimum Gasteiger partial charge on any atom is -0.339 e. The first kappa shape index (κ1) is 13.7. The molecule has 0 bridgehead atoms. The van der Waals surface area contributed by atoms with Crippen LogP contribution in [0.2, 0.25) is 0 Å². The molecule has 0 fully saturated rings. The molecule has 4 nitrogen and oxygen atoms in total. The van der Waals surface area contributed by atoms with Gasteiger partial charge in [0.25, 0.3) is 0 Å². The van der Waals surface area contributed by atoms with E-state index >= 15 is 0 Å². The maximum Gasteiger partial charge on any atom is 0.227 e. The van der Waals surface area contributed by atoms with Crippen LogP contribution in [0.3, 0.4) is 0 Å². The van der Waals surface area contributed by atoms with Gasteiger partial charge in [-0.3, -0.25) is 0 Å². The number of hydrogen-bond acceptors (Lipinski definition) is 4. The Bertz CT molecular complexity index is 527. The fourth-order valence-corrected chi connectivity index (χ4v) is 1.93. The van der Waals surface area contributed by atoms with E-state index in [9.17, 15) is 4.39 Å². The van der Waals surface area contributed by atoms with Crippen molar-refractivity contribution in [3.63, 3.8) is 0 Å². The molecule has 1 aromatic heterocycles. The number of hydrogen-bond donors (Lipinski definition) is 1. The van der Waals surface area contributed by atoms with Crippen LogP contribution in [0.5, 0.6) is 0 Å². The first-order valence-electron chi connectivity index (χ1n) is 6.41. The number of rotatable bonds is 6. The Morgan fingerprint density at radius 1 is 1.37 bits per heavy atom. The second-order valence-electron chi connectivity index (χ2n) is 4.64. The lowest BCUT2D eigenvalue weighted by Gasteiger charge is -2.13. The molecule has 1 unspecified atom stereocenters. The standard InChI is InChI=1S/C14H18FN3O/c1-10(9-12-5-3-4-6-13(12)15)16-8-7-14-17-11(2)18-19-14/h3-6,10,16H,7-9H2,1-2H3. The van der Waals surface area contributed by atoms with Crippen molar-refractivity contribution in [2.75, 3.05) is 6.54 Å². The molecule has 1 N–H and O–H groups in total. The molecule has 102 valence electrons. The van der Waals surface area contributed by atoms with Gasteiger partial charge in [-0.2, -0.15) is 4.98 Å². The second kappa shape index (κ2) is 6.43. The minimum absolute atomic E-state index is 0.149. The summed E-state index contributed by atoms with van der Waals surface area (Å²) in [5, 5.41) is 7.05. The van der Waals surface area contributed by atoms with Crippen LogP contribution < -0.4 is 5.32 Å². The van der Waals surface area contributed by atoms with Crippen molar-refractivity contribution in [2.45, 2.75) is 32.7 Å². The van der Waals surface area contributed by atoms with Crippen molar-refractivity contribution >= 4 is 0 Å². The summed E-state index contributed by atoms with van der Waals surface area (Å²) in [5.41, 5.74) is 0.733. The molecule has 0 saturated carbocycles. The van der Waals surface area contributed by atoms with Crippen molar-refractivity contribution in [1.29, 1.82) is 0 Å². The summed E-state index contributed by atoms with van der Waals surface area (Å²) >= 11 is 0. The SMILES string of the molecule is Cc1noc(CCNC(C)Cc2ccccc2F)n1. The molecule has 0 aliphatic heterocycles. The number of aryl methyl sites for hydroxylation is 1. The summed E-state index contributed by atoms with van der Waals surface area (Å²) in [7, 11) is 0. The molecule has 1 heterocycles. The normalized spacial score (nSPS) is 12.6. The van der Waals surface area contributed by atoms with Crippen molar-refractivity contribution in [1.82, 2.24) is 15.5 Å². The topological polar surface area (TPSA) is 51.0 Å². The fraction of sp³-hybridized carbons (Fsp3) is 0.429. The van der Waals surface area contributed by atoms with Crippen molar-refractivity contribution < 1.29 is 8.91 Å². The Labute approximate surface area is 112 Å². The van der Waals surface area contributed by atoms with Gasteiger partial charge in [0.15, 0.2) is 5.82 Å². The highest BCUT2D eigenvalue weighted by Crippen LogP contribution is 2.09. The summed E-state index contributed by atoms with van der Waals surface area (Å²) in [4.78, 5) is 4.13. The van der Waals surface area contributed by atoms with Gasteiger partial charge in [0.05, 0.1) is 0 Å². The smallest absolute Gasteiger partial charge is 0.227 e. The predicted octanol–water partition coefficient (Wildman–Crippen LogP) is 2.28. The highest BCUT2D eigenvalue weighted by molar-refractivity contribution is 5.18. The Hall–Kier alpha value is -1.75. The molecule has 0 spiro atoms. The van der Waals surface area contributed by atoms with Crippen LogP contribution in [-0.4, -0.2) is 22.7 Å². The van der Waals surface area contributed by atoms with Crippen LogP contribution in [0.1, 0.15) is 24.2 Å². The molecule has 0 aliphatic rings. The molecule has 0 amide bonds. The minimum atomic E-state index is -0.149. The molecule has 0 aliphatic carbocycles. The molecule has 19 heavy (non-hydrogen) atoms. The van der Waals surface area contributed by atoms with Gasteiger partial charge in [-0.15, -0.1) is 0 Å². The summed E-state index contributed by atoms with van der Waals surface area (Å²) < 4.78 is 18.5. The van der Waals surface area contributed by atoms with E-state index in [0.717, 1.165) is 12.1 Å². The van der Waals surface area contributed by atoms with E-state index in [1.54, 1.807) is 13.0 Å². The first-order valence-corrected chi connectivity index (χ1v) is 6.41. The van der Waals surface area contributed by atoms with Crippen molar-refractivity contribution in [3.05, 3.63) is 47.4 Å². The summed E-state index contributed by atoms with van der Waals surface area (Å²) in [5.74, 6) is 1.13. The molecule has 0 saturated heterocycles. The van der Waals surface area contributed by atoms with E-state index in [4.69, 9.17) is 4.52 Å². The highest BCUT2D eigenvalue weighted by atomic mass is 19.1. The van der Waals surface area contributed by atoms with Crippen LogP contribution in [-0.2, 0) is 12.8 Å². The van der Waals surface area contributed by atoms with Crippen LogP contribution >= 0.6 is 0 Å². The van der Waals surface area contributed by atoms with E-state index in [-0.39, 0.29) is 11.9 Å². The highest BCUT2D eigenvalue weighted by Gasteiger charge is 2.08. The average Bonchev–Trinajstić information content (AvgIpc) is 2.78. The van der Waals surface area contributed by atoms with Gasteiger partial charge < -0.3 is 9.84 Å². The molecule has 2 rings (SSSR count). The lowest BCUT2D eigenvalue weighted by Crippen LogP contribution is -2.30. The molecule has 5 heteroatoms. The van der Waals surface area contributed by atoms with Crippen molar-refractivity contribution in [3.8, 4) is 0 Å². The monoisotopic (exact) mass is 263 g/mol. The Morgan fingerprint density at radius 3 is 2.84 bits per heavy atom. The summed E-state index contributed by atoms with van der Waals surface area (Å²) in [6, 6.07) is 7.06. The second-order valence-corrected chi connectivity index (χ2v) is 4.64. The van der Waals surface area contributed by atoms with Gasteiger partial charge >= 0.3 is 0 Å². The zero-order chi connectivity index (χ0) is 13.7. The zero-order valence-electron chi connectivity index (χ0n) is 11.2. The van der Waals surface area contributed by atoms with Gasteiger partial charge in [-0.1, -0.05) is 23.4 Å². The Morgan fingerprint density at radius 2 is 2.16 bits per heavy atom. The third-order valence-corrected chi connectivity index (χ3v) is 2.89. The van der Waals surface area contributed by atoms with Gasteiger partial charge in [0.2, 0.25) is 5.89 Å². The van der Waals surface area contributed by atoms with Gasteiger partial charge in [-0.05, 0) is 31.9 Å². The van der Waals surface area contributed by atoms with Gasteiger partial charge in [0.1, 0.15) is 5.82 Å². The van der Waals surface area contributed by atoms with E-state index in [0.29, 0.717) is 24.6 Å². The third-order valence-electron chi connectivity index (χ3n) is 2.89. The molecule has 1 atom stereocenters. The van der Waals surface area contributed by atoms with Crippen LogP contribution in [0.4, 0.5) is 4.39 Å². The Balaban J connectivity index is 1.76. The van der Waals surface area contributed by atoms with E-state index < -0.39 is 0 Å². The molecular formula is C14H18FN3O. The quantitative estimate of drug-likeness (QED) is 0.868. The lowest BCUT2D eigenvalue weighted by atomic mass is 10.1. The van der Waals surface area contributed by atoms with E-state index in [1.807, 2.05) is 19.1 Å². The van der Waals surface area contributed by atoms with Crippen molar-refractivity contribution in [2.24, 2.45) is 0 Å². The molecule has 2 aromatic rings. The molecular weight excluding hydrogens is 245 g/mol. The lowest BCUT2D eigenvalue weighted by molar-refractivity contribution is 0.369. The summed E-state index contributed by atoms with van der Waals surface area (Å²) in [6.07, 6.45) is 1.35. The number of nitrogens with zero attached hydrogens (tertiary/aromatic N) is 2. The molecule has 0 radical (unpaired) electrons. The van der Waals surface area contributed by atoms with E-state index in [1.165, 1.54) is 6.07 Å². The number of aromatic nitrogens is 2. The first-order chi connectivity index (χ1) is 9.15. The van der Waals surface area contributed by atoms with Crippen LogP contribution in [0, 0.1) is 12.7 Å². The van der Waals surface area contributed by atoms with Crippen LogP contribution in [0.15, 0.2) is 28.8 Å². The maximum atomic E-state index is 13.5. The number of benzene rings is 1. The molecule has 1 aromatic carbocycles.